The lowest BCUT2D eigenvalue weighted by atomic mass is 10.0. The molecule has 1 atom stereocenters. The Morgan fingerprint density at radius 3 is 2.82 bits per heavy atom. The van der Waals surface area contributed by atoms with E-state index in [-0.39, 0.29) is 0 Å². The first-order valence-corrected chi connectivity index (χ1v) is 5.52. The van der Waals surface area contributed by atoms with Crippen LogP contribution in [0.5, 0.6) is 0 Å². The van der Waals surface area contributed by atoms with Crippen LogP contribution in [-0.4, -0.2) is 30.8 Å². The number of hydrogen-bond donors (Lipinski definition) is 2. The molecule has 0 bridgehead atoms. The van der Waals surface area contributed by atoms with Gasteiger partial charge in [0.15, 0.2) is 8.38 Å². The van der Waals surface area contributed by atoms with E-state index in [1.54, 1.807) is 0 Å². The Bertz CT molecular complexity index is 109. The van der Waals surface area contributed by atoms with Crippen LogP contribution in [0.25, 0.3) is 0 Å². The van der Waals surface area contributed by atoms with E-state index in [0.29, 0.717) is 6.61 Å². The fraction of sp³-hybridized carbons (Fsp3) is 1.00. The van der Waals surface area contributed by atoms with Gasteiger partial charge in [0.25, 0.3) is 0 Å². The molecular weight excluding hydrogens is 161 g/mol. The third kappa shape index (κ3) is 3.48. The van der Waals surface area contributed by atoms with Gasteiger partial charge in [-0.05, 0) is 32.4 Å². The number of rotatable bonds is 5. The summed E-state index contributed by atoms with van der Waals surface area (Å²) in [6.45, 7) is 4.78. The van der Waals surface area contributed by atoms with Gasteiger partial charge in [-0.1, -0.05) is 0 Å². The second-order valence-corrected chi connectivity index (χ2v) is 4.22. The van der Waals surface area contributed by atoms with Gasteiger partial charge in [0.2, 0.25) is 0 Å². The van der Waals surface area contributed by atoms with Crippen LogP contribution in [0.3, 0.4) is 0 Å². The first-order chi connectivity index (χ1) is 5.33. The van der Waals surface area contributed by atoms with Crippen molar-refractivity contribution in [2.75, 3.05) is 25.9 Å². The minimum absolute atomic E-state index is 0.630. The molecule has 1 aliphatic rings. The summed E-state index contributed by atoms with van der Waals surface area (Å²) in [7, 11) is -1.11. The van der Waals surface area contributed by atoms with Crippen molar-refractivity contribution in [2.24, 2.45) is 5.92 Å². The molecule has 0 radical (unpaired) electrons. The third-order valence-electron chi connectivity index (χ3n) is 1.87. The predicted octanol–water partition coefficient (Wildman–Crippen LogP) is 0.937. The van der Waals surface area contributed by atoms with E-state index in [1.165, 1.54) is 0 Å². The highest BCUT2D eigenvalue weighted by atomic mass is 31.2. The van der Waals surface area contributed by atoms with Crippen LogP contribution in [0, 0.1) is 5.92 Å². The monoisotopic (exact) mass is 177 g/mol. The maximum Gasteiger partial charge on any atom is 0.167 e. The molecule has 1 rings (SSSR count). The van der Waals surface area contributed by atoms with Gasteiger partial charge >= 0.3 is 0 Å². The molecule has 1 heterocycles. The predicted molar refractivity (Wildman–Crippen MR) is 46.6 cm³/mol. The third-order valence-corrected chi connectivity index (χ3v) is 3.07. The van der Waals surface area contributed by atoms with Crippen molar-refractivity contribution in [3.63, 3.8) is 0 Å². The van der Waals surface area contributed by atoms with Gasteiger partial charge in [-0.2, -0.15) is 0 Å². The van der Waals surface area contributed by atoms with Gasteiger partial charge in [0, 0.05) is 6.16 Å². The maximum absolute atomic E-state index is 9.24. The van der Waals surface area contributed by atoms with Crippen molar-refractivity contribution in [2.45, 2.75) is 13.3 Å². The summed E-state index contributed by atoms with van der Waals surface area (Å²) in [5, 5.41) is 3.20. The molecule has 0 aliphatic carbocycles. The highest BCUT2D eigenvalue weighted by Gasteiger charge is 2.17. The van der Waals surface area contributed by atoms with Gasteiger partial charge in [-0.25, -0.2) is 0 Å². The van der Waals surface area contributed by atoms with Crippen LogP contribution in [0.1, 0.15) is 13.3 Å². The summed E-state index contributed by atoms with van der Waals surface area (Å²) in [6.07, 6.45) is 1.95. The Labute approximate surface area is 69.1 Å². The fourth-order valence-electron chi connectivity index (χ4n) is 1.06. The lowest BCUT2D eigenvalue weighted by molar-refractivity contribution is 0.310. The Morgan fingerprint density at radius 2 is 2.36 bits per heavy atom. The molecule has 3 nitrogen and oxygen atoms in total. The highest BCUT2D eigenvalue weighted by molar-refractivity contribution is 7.46. The Balaban J connectivity index is 1.92. The van der Waals surface area contributed by atoms with Gasteiger partial charge in [-0.15, -0.1) is 0 Å². The molecule has 66 valence electrons. The average Bonchev–Trinajstić information content (AvgIpc) is 1.85. The SMILES string of the molecule is CCOP(O)CCC1CNC1. The van der Waals surface area contributed by atoms with Crippen LogP contribution in [0.4, 0.5) is 0 Å². The first-order valence-electron chi connectivity index (χ1n) is 4.13. The lowest BCUT2D eigenvalue weighted by Gasteiger charge is -2.27. The molecule has 1 aliphatic heterocycles. The van der Waals surface area contributed by atoms with Crippen LogP contribution >= 0.6 is 8.38 Å². The van der Waals surface area contributed by atoms with Gasteiger partial charge in [0.1, 0.15) is 0 Å². The van der Waals surface area contributed by atoms with Crippen molar-refractivity contribution >= 4 is 8.38 Å². The van der Waals surface area contributed by atoms with E-state index in [1.807, 2.05) is 6.92 Å². The minimum Gasteiger partial charge on any atom is -0.350 e. The Morgan fingerprint density at radius 1 is 1.64 bits per heavy atom. The molecule has 0 amide bonds. The first kappa shape index (κ1) is 9.40. The summed E-state index contributed by atoms with van der Waals surface area (Å²) >= 11 is 0. The molecule has 1 saturated heterocycles. The fourth-order valence-corrected chi connectivity index (χ4v) is 2.07. The van der Waals surface area contributed by atoms with Crippen LogP contribution < -0.4 is 5.32 Å². The standard InChI is InChI=1S/C7H16NO2P/c1-2-10-11(9)4-3-7-5-8-6-7/h7-9H,2-6H2,1H3. The molecule has 0 spiro atoms. The van der Waals surface area contributed by atoms with E-state index in [0.717, 1.165) is 31.6 Å². The van der Waals surface area contributed by atoms with Gasteiger partial charge < -0.3 is 14.7 Å². The molecule has 1 fully saturated rings. The van der Waals surface area contributed by atoms with E-state index in [9.17, 15) is 4.89 Å². The molecule has 0 saturated carbocycles. The largest absolute Gasteiger partial charge is 0.350 e. The molecule has 1 unspecified atom stereocenters. The van der Waals surface area contributed by atoms with E-state index < -0.39 is 8.38 Å². The number of hydrogen-bond acceptors (Lipinski definition) is 3. The van der Waals surface area contributed by atoms with Gasteiger partial charge in [-0.3, -0.25) is 0 Å². The summed E-state index contributed by atoms with van der Waals surface area (Å²) in [6, 6.07) is 0. The molecule has 11 heavy (non-hydrogen) atoms. The molecule has 2 N–H and O–H groups in total. The van der Waals surface area contributed by atoms with Crippen LogP contribution in [-0.2, 0) is 4.52 Å². The summed E-state index contributed by atoms with van der Waals surface area (Å²) < 4.78 is 5.06. The Kier molecular flexibility index (Phi) is 4.31. The Hall–Kier alpha value is 0.310. The van der Waals surface area contributed by atoms with Gasteiger partial charge in [0.05, 0.1) is 6.61 Å². The minimum atomic E-state index is -1.11. The maximum atomic E-state index is 9.24. The zero-order valence-corrected chi connectivity index (χ0v) is 7.81. The summed E-state index contributed by atoms with van der Waals surface area (Å²) in [4.78, 5) is 9.24. The van der Waals surface area contributed by atoms with Crippen molar-refractivity contribution in [1.29, 1.82) is 0 Å². The van der Waals surface area contributed by atoms with Crippen LogP contribution in [0.2, 0.25) is 0 Å². The summed E-state index contributed by atoms with van der Waals surface area (Å²) in [5.74, 6) is 0.785. The molecule has 4 heteroatoms. The van der Waals surface area contributed by atoms with E-state index in [4.69, 9.17) is 4.52 Å². The van der Waals surface area contributed by atoms with Crippen molar-refractivity contribution in [3.05, 3.63) is 0 Å². The topological polar surface area (TPSA) is 41.5 Å². The molecule has 0 aromatic heterocycles. The van der Waals surface area contributed by atoms with E-state index >= 15 is 0 Å². The van der Waals surface area contributed by atoms with Crippen molar-refractivity contribution < 1.29 is 9.42 Å². The number of nitrogens with one attached hydrogen (secondary N) is 1. The molecule has 0 aromatic rings. The zero-order valence-electron chi connectivity index (χ0n) is 6.92. The normalized spacial score (nSPS) is 21.3. The van der Waals surface area contributed by atoms with Crippen LogP contribution in [0.15, 0.2) is 0 Å². The van der Waals surface area contributed by atoms with Crippen molar-refractivity contribution in [3.8, 4) is 0 Å². The zero-order chi connectivity index (χ0) is 8.10. The molecule has 0 aromatic carbocycles. The van der Waals surface area contributed by atoms with Crippen molar-refractivity contribution in [1.82, 2.24) is 5.32 Å². The quantitative estimate of drug-likeness (QED) is 0.614. The molecular formula is C7H16NO2P. The lowest BCUT2D eigenvalue weighted by Crippen LogP contribution is -2.42. The summed E-state index contributed by atoms with van der Waals surface area (Å²) in [5.41, 5.74) is 0. The second kappa shape index (κ2) is 5.04. The van der Waals surface area contributed by atoms with E-state index in [2.05, 4.69) is 5.32 Å². The highest BCUT2D eigenvalue weighted by Crippen LogP contribution is 2.33. The average molecular weight is 177 g/mol. The second-order valence-electron chi connectivity index (χ2n) is 2.81. The smallest absolute Gasteiger partial charge is 0.167 e.